The Hall–Kier alpha value is -1.86. The van der Waals surface area contributed by atoms with Gasteiger partial charge in [-0.3, -0.25) is 14.2 Å². The van der Waals surface area contributed by atoms with E-state index < -0.39 is 0 Å². The summed E-state index contributed by atoms with van der Waals surface area (Å²) in [7, 11) is 0. The fraction of sp³-hybridized carbons (Fsp3) is 0.609. The van der Waals surface area contributed by atoms with Crippen molar-refractivity contribution in [2.45, 2.75) is 64.2 Å². The first-order valence-corrected chi connectivity index (χ1v) is 12.1. The first-order chi connectivity index (χ1) is 14.5. The largest absolute Gasteiger partial charge is 0.353 e. The summed E-state index contributed by atoms with van der Waals surface area (Å²) in [5, 5.41) is 4.25. The fourth-order valence-corrected chi connectivity index (χ4v) is 4.58. The molecule has 3 rings (SSSR count). The van der Waals surface area contributed by atoms with Crippen molar-refractivity contribution in [2.24, 2.45) is 5.92 Å². The van der Waals surface area contributed by atoms with Gasteiger partial charge in [0.25, 0.3) is 5.56 Å². The third kappa shape index (κ3) is 6.08. The van der Waals surface area contributed by atoms with Crippen LogP contribution in [0.3, 0.4) is 0 Å². The number of hydrogen-bond acceptors (Lipinski definition) is 5. The summed E-state index contributed by atoms with van der Waals surface area (Å²) in [5.41, 5.74) is 0.673. The maximum atomic E-state index is 13.1. The standard InChI is InChI=1S/C23H34N4O2S/c1-4-18(3)24-21(28)16-30-23-25-20-9-6-5-8-19(20)22(29)27(23)13-7-12-26-14-10-17(2)11-15-26/h5-6,8-9,17-18H,4,7,10-16H2,1-3H3,(H,24,28)/t18-/m0/s1. The van der Waals surface area contributed by atoms with Crippen molar-refractivity contribution in [3.63, 3.8) is 0 Å². The van der Waals surface area contributed by atoms with Crippen LogP contribution >= 0.6 is 11.8 Å². The molecule has 2 heterocycles. The molecule has 0 bridgehead atoms. The Morgan fingerprint density at radius 2 is 2.00 bits per heavy atom. The second kappa shape index (κ2) is 11.0. The molecule has 30 heavy (non-hydrogen) atoms. The number of fused-ring (bicyclic) bond motifs is 1. The molecule has 1 aliphatic rings. The molecule has 1 N–H and O–H groups in total. The summed E-state index contributed by atoms with van der Waals surface area (Å²) in [6.45, 7) is 10.3. The van der Waals surface area contributed by atoms with Crippen LogP contribution in [0.25, 0.3) is 10.9 Å². The van der Waals surface area contributed by atoms with E-state index >= 15 is 0 Å². The molecular formula is C23H34N4O2S. The number of nitrogens with zero attached hydrogens (tertiary/aromatic N) is 3. The average molecular weight is 431 g/mol. The van der Waals surface area contributed by atoms with E-state index in [-0.39, 0.29) is 23.3 Å². The van der Waals surface area contributed by atoms with Crippen LogP contribution in [0.5, 0.6) is 0 Å². The number of hydrogen-bond donors (Lipinski definition) is 1. The molecule has 0 radical (unpaired) electrons. The zero-order valence-electron chi connectivity index (χ0n) is 18.4. The molecule has 6 nitrogen and oxygen atoms in total. The Morgan fingerprint density at radius 1 is 1.27 bits per heavy atom. The molecule has 1 aromatic heterocycles. The third-order valence-electron chi connectivity index (χ3n) is 5.91. The smallest absolute Gasteiger partial charge is 0.262 e. The number of likely N-dealkylation sites (tertiary alicyclic amines) is 1. The molecule has 0 unspecified atom stereocenters. The number of carbonyl (C=O) groups is 1. The zero-order chi connectivity index (χ0) is 21.5. The Labute approximate surface area is 183 Å². The minimum atomic E-state index is -0.0225. The maximum absolute atomic E-state index is 13.1. The lowest BCUT2D eigenvalue weighted by atomic mass is 9.99. The van der Waals surface area contributed by atoms with Gasteiger partial charge in [-0.15, -0.1) is 0 Å². The number of nitrogens with one attached hydrogen (secondary N) is 1. The Balaban J connectivity index is 1.71. The quantitative estimate of drug-likeness (QED) is 0.487. The van der Waals surface area contributed by atoms with Crippen molar-refractivity contribution in [3.05, 3.63) is 34.6 Å². The highest BCUT2D eigenvalue weighted by Gasteiger charge is 2.17. The number of rotatable bonds is 9. The summed E-state index contributed by atoms with van der Waals surface area (Å²) < 4.78 is 1.76. The molecule has 1 aromatic carbocycles. The predicted molar refractivity (Wildman–Crippen MR) is 124 cm³/mol. The number of thioether (sulfide) groups is 1. The van der Waals surface area contributed by atoms with Gasteiger partial charge in [-0.2, -0.15) is 0 Å². The van der Waals surface area contributed by atoms with Gasteiger partial charge in [0, 0.05) is 12.6 Å². The van der Waals surface area contributed by atoms with Crippen LogP contribution in [0, 0.1) is 5.92 Å². The Bertz CT molecular complexity index is 906. The number of benzene rings is 1. The van der Waals surface area contributed by atoms with Crippen molar-refractivity contribution in [2.75, 3.05) is 25.4 Å². The maximum Gasteiger partial charge on any atom is 0.262 e. The molecule has 2 aromatic rings. The van der Waals surface area contributed by atoms with Gasteiger partial charge < -0.3 is 10.2 Å². The van der Waals surface area contributed by atoms with Gasteiger partial charge in [-0.1, -0.05) is 37.7 Å². The zero-order valence-corrected chi connectivity index (χ0v) is 19.2. The average Bonchev–Trinajstić information content (AvgIpc) is 2.75. The number of piperidine rings is 1. The van der Waals surface area contributed by atoms with E-state index in [4.69, 9.17) is 4.98 Å². The lowest BCUT2D eigenvalue weighted by Gasteiger charge is -2.30. The van der Waals surface area contributed by atoms with Crippen LogP contribution < -0.4 is 10.9 Å². The van der Waals surface area contributed by atoms with E-state index in [1.807, 2.05) is 38.1 Å². The minimum Gasteiger partial charge on any atom is -0.353 e. The second-order valence-electron chi connectivity index (χ2n) is 8.41. The van der Waals surface area contributed by atoms with E-state index in [9.17, 15) is 9.59 Å². The second-order valence-corrected chi connectivity index (χ2v) is 9.35. The van der Waals surface area contributed by atoms with Crippen LogP contribution in [-0.2, 0) is 11.3 Å². The molecule has 1 amide bonds. The van der Waals surface area contributed by atoms with Crippen molar-refractivity contribution in [3.8, 4) is 0 Å². The molecule has 0 spiro atoms. The molecule has 7 heteroatoms. The topological polar surface area (TPSA) is 67.2 Å². The lowest BCUT2D eigenvalue weighted by Crippen LogP contribution is -2.35. The first kappa shape index (κ1) is 22.8. The molecular weight excluding hydrogens is 396 g/mol. The highest BCUT2D eigenvalue weighted by Crippen LogP contribution is 2.19. The van der Waals surface area contributed by atoms with E-state index in [0.29, 0.717) is 22.6 Å². The SMILES string of the molecule is CC[C@H](C)NC(=O)CSc1nc2ccccc2c(=O)n1CCCN1CCC(C)CC1. The summed E-state index contributed by atoms with van der Waals surface area (Å²) in [6.07, 6.45) is 4.30. The molecule has 1 aliphatic heterocycles. The number of para-hydroxylation sites is 1. The highest BCUT2D eigenvalue weighted by molar-refractivity contribution is 7.99. The van der Waals surface area contributed by atoms with Gasteiger partial charge in [0.05, 0.1) is 16.7 Å². The number of carbonyl (C=O) groups excluding carboxylic acids is 1. The summed E-state index contributed by atoms with van der Waals surface area (Å²) >= 11 is 1.35. The van der Waals surface area contributed by atoms with Gasteiger partial charge in [0.15, 0.2) is 5.16 Å². The van der Waals surface area contributed by atoms with Crippen LogP contribution in [0.1, 0.15) is 46.5 Å². The summed E-state index contributed by atoms with van der Waals surface area (Å²) in [6, 6.07) is 7.60. The number of amides is 1. The van der Waals surface area contributed by atoms with Crippen molar-refractivity contribution in [1.29, 1.82) is 0 Å². The van der Waals surface area contributed by atoms with Crippen LogP contribution in [-0.4, -0.2) is 51.8 Å². The van der Waals surface area contributed by atoms with E-state index in [1.165, 1.54) is 24.6 Å². The van der Waals surface area contributed by atoms with Crippen molar-refractivity contribution < 1.29 is 4.79 Å². The summed E-state index contributed by atoms with van der Waals surface area (Å²) in [5.74, 6) is 1.06. The molecule has 1 saturated heterocycles. The third-order valence-corrected chi connectivity index (χ3v) is 6.89. The molecule has 0 aliphatic carbocycles. The fourth-order valence-electron chi connectivity index (χ4n) is 3.74. The van der Waals surface area contributed by atoms with E-state index in [2.05, 4.69) is 17.1 Å². The molecule has 164 valence electrons. The number of aromatic nitrogens is 2. The highest BCUT2D eigenvalue weighted by atomic mass is 32.2. The van der Waals surface area contributed by atoms with Crippen LogP contribution in [0.4, 0.5) is 0 Å². The molecule has 1 fully saturated rings. The molecule has 1 atom stereocenters. The van der Waals surface area contributed by atoms with Crippen LogP contribution in [0.15, 0.2) is 34.2 Å². The normalized spacial score (nSPS) is 16.6. The van der Waals surface area contributed by atoms with Gasteiger partial charge in [0.2, 0.25) is 5.91 Å². The van der Waals surface area contributed by atoms with Gasteiger partial charge in [0.1, 0.15) is 0 Å². The van der Waals surface area contributed by atoms with Gasteiger partial charge in [-0.05, 0) is 70.3 Å². The molecule has 0 saturated carbocycles. The Morgan fingerprint density at radius 3 is 2.73 bits per heavy atom. The lowest BCUT2D eigenvalue weighted by molar-refractivity contribution is -0.119. The van der Waals surface area contributed by atoms with Gasteiger partial charge >= 0.3 is 0 Å². The van der Waals surface area contributed by atoms with Crippen LogP contribution in [0.2, 0.25) is 0 Å². The summed E-state index contributed by atoms with van der Waals surface area (Å²) in [4.78, 5) is 32.6. The van der Waals surface area contributed by atoms with Crippen molar-refractivity contribution in [1.82, 2.24) is 19.8 Å². The predicted octanol–water partition coefficient (Wildman–Crippen LogP) is 3.53. The van der Waals surface area contributed by atoms with Gasteiger partial charge in [-0.25, -0.2) is 4.98 Å². The first-order valence-electron chi connectivity index (χ1n) is 11.1. The van der Waals surface area contributed by atoms with E-state index in [1.54, 1.807) is 4.57 Å². The monoisotopic (exact) mass is 430 g/mol. The van der Waals surface area contributed by atoms with E-state index in [0.717, 1.165) is 38.4 Å². The minimum absolute atomic E-state index is 0.0160. The van der Waals surface area contributed by atoms with Crippen molar-refractivity contribution >= 4 is 28.6 Å². The Kier molecular flexibility index (Phi) is 8.33.